The maximum Gasteiger partial charge on any atom is 0.267 e. The number of rotatable bonds is 3. The fraction of sp³-hybridized carbons (Fsp3) is 0.190. The van der Waals surface area contributed by atoms with E-state index in [4.69, 9.17) is 4.74 Å². The normalized spacial score (nSPS) is 15.9. The van der Waals surface area contributed by atoms with E-state index in [0.717, 1.165) is 11.4 Å². The van der Waals surface area contributed by atoms with Crippen LogP contribution >= 0.6 is 0 Å². The first kappa shape index (κ1) is 18.5. The Hall–Kier alpha value is -3.81. The molecule has 2 aliphatic rings. The number of hydrogen-bond acceptors (Lipinski definition) is 6. The van der Waals surface area contributed by atoms with Gasteiger partial charge in [0.1, 0.15) is 24.8 Å². The van der Waals surface area contributed by atoms with E-state index in [0.29, 0.717) is 29.4 Å². The lowest BCUT2D eigenvalue weighted by molar-refractivity contribution is -0.118. The highest BCUT2D eigenvalue weighted by atomic mass is 16.5. The van der Waals surface area contributed by atoms with Gasteiger partial charge in [0, 0.05) is 25.4 Å². The molecule has 1 N–H and O–H groups in total. The van der Waals surface area contributed by atoms with Gasteiger partial charge in [-0.3, -0.25) is 14.8 Å². The molecule has 0 spiro atoms. The number of ether oxygens (including phenoxy) is 1. The van der Waals surface area contributed by atoms with Crippen molar-refractivity contribution in [3.8, 4) is 5.75 Å². The number of anilines is 1. The van der Waals surface area contributed by atoms with Crippen molar-refractivity contribution >= 4 is 17.6 Å². The van der Waals surface area contributed by atoms with E-state index in [1.807, 2.05) is 60.2 Å². The highest BCUT2D eigenvalue weighted by molar-refractivity contribution is 5.91. The van der Waals surface area contributed by atoms with Crippen LogP contribution in [0.4, 0.5) is 5.82 Å². The minimum atomic E-state index is -0.323. The molecule has 0 aliphatic carbocycles. The Labute approximate surface area is 168 Å². The number of benzene rings is 1. The number of pyridine rings is 1. The number of aromatic nitrogens is 1. The Morgan fingerprint density at radius 3 is 2.86 bits per heavy atom. The van der Waals surface area contributed by atoms with Gasteiger partial charge in [0.25, 0.3) is 5.91 Å². The number of fused-ring (bicyclic) bond motifs is 1. The zero-order chi connectivity index (χ0) is 20.4. The van der Waals surface area contributed by atoms with Crippen LogP contribution in [0.1, 0.15) is 5.56 Å². The van der Waals surface area contributed by atoms with Crippen LogP contribution in [0.25, 0.3) is 0 Å². The van der Waals surface area contributed by atoms with Crippen LogP contribution in [0.5, 0.6) is 5.75 Å². The van der Waals surface area contributed by atoms with Gasteiger partial charge in [-0.05, 0) is 31.2 Å². The van der Waals surface area contributed by atoms with Gasteiger partial charge in [-0.25, -0.2) is 9.67 Å². The molecular weight excluding hydrogens is 368 g/mol. The number of hydrogen-bond donors (Lipinski definition) is 1. The molecule has 8 nitrogen and oxygen atoms in total. The van der Waals surface area contributed by atoms with Gasteiger partial charge < -0.3 is 10.1 Å². The largest absolute Gasteiger partial charge is 0.438 e. The SMILES string of the molecule is C=C1C=CC(Oc2ccc(C)cc2)=NN1CC(=O)N=c1ccn2c(c1)NCN2C. The van der Waals surface area contributed by atoms with Gasteiger partial charge in [-0.1, -0.05) is 24.3 Å². The van der Waals surface area contributed by atoms with E-state index in [2.05, 4.69) is 22.0 Å². The van der Waals surface area contributed by atoms with Gasteiger partial charge in [-0.15, -0.1) is 5.10 Å². The number of carbonyl (C=O) groups excluding carboxylic acids is 1. The summed E-state index contributed by atoms with van der Waals surface area (Å²) in [5, 5.41) is 11.7. The minimum absolute atomic E-state index is 0.0263. The average molecular weight is 390 g/mol. The van der Waals surface area contributed by atoms with Crippen LogP contribution in [0.15, 0.2) is 77.1 Å². The number of nitrogens with zero attached hydrogens (tertiary/aromatic N) is 5. The smallest absolute Gasteiger partial charge is 0.267 e. The Morgan fingerprint density at radius 2 is 2.07 bits per heavy atom. The molecule has 0 unspecified atom stereocenters. The van der Waals surface area contributed by atoms with Crippen molar-refractivity contribution in [1.82, 2.24) is 9.69 Å². The summed E-state index contributed by atoms with van der Waals surface area (Å²) in [6.07, 6.45) is 5.35. The van der Waals surface area contributed by atoms with Crippen molar-refractivity contribution < 1.29 is 9.53 Å². The Balaban J connectivity index is 1.47. The lowest BCUT2D eigenvalue weighted by Gasteiger charge is -2.21. The monoisotopic (exact) mass is 390 g/mol. The molecule has 1 amide bonds. The van der Waals surface area contributed by atoms with Crippen LogP contribution in [0.2, 0.25) is 0 Å². The van der Waals surface area contributed by atoms with Crippen LogP contribution < -0.4 is 20.4 Å². The average Bonchev–Trinajstić information content (AvgIpc) is 3.06. The second-order valence-corrected chi connectivity index (χ2v) is 6.85. The summed E-state index contributed by atoms with van der Waals surface area (Å²) in [4.78, 5) is 16.7. The first-order chi connectivity index (χ1) is 14.0. The zero-order valence-corrected chi connectivity index (χ0v) is 16.4. The van der Waals surface area contributed by atoms with Crippen molar-refractivity contribution in [3.63, 3.8) is 0 Å². The first-order valence-electron chi connectivity index (χ1n) is 9.21. The molecule has 148 valence electrons. The summed E-state index contributed by atoms with van der Waals surface area (Å²) >= 11 is 0. The van der Waals surface area contributed by atoms with Crippen molar-refractivity contribution in [1.29, 1.82) is 0 Å². The van der Waals surface area contributed by atoms with E-state index < -0.39 is 0 Å². The third kappa shape index (κ3) is 4.21. The second kappa shape index (κ2) is 7.67. The van der Waals surface area contributed by atoms with Gasteiger partial charge in [0.15, 0.2) is 0 Å². The molecule has 0 fully saturated rings. The van der Waals surface area contributed by atoms with E-state index in [1.165, 1.54) is 5.01 Å². The molecule has 2 aliphatic heterocycles. The molecule has 29 heavy (non-hydrogen) atoms. The first-order valence-corrected chi connectivity index (χ1v) is 9.21. The molecule has 1 aromatic carbocycles. The molecule has 1 aromatic heterocycles. The fourth-order valence-corrected chi connectivity index (χ4v) is 2.95. The van der Waals surface area contributed by atoms with Crippen molar-refractivity contribution in [3.05, 3.63) is 77.9 Å². The van der Waals surface area contributed by atoms with Gasteiger partial charge in [0.2, 0.25) is 5.90 Å². The summed E-state index contributed by atoms with van der Waals surface area (Å²) in [7, 11) is 1.97. The third-order valence-electron chi connectivity index (χ3n) is 4.53. The maximum absolute atomic E-state index is 12.5. The summed E-state index contributed by atoms with van der Waals surface area (Å²) in [6.45, 7) is 6.62. The highest BCUT2D eigenvalue weighted by Crippen LogP contribution is 2.16. The number of carbonyl (C=O) groups is 1. The predicted molar refractivity (Wildman–Crippen MR) is 112 cm³/mol. The van der Waals surface area contributed by atoms with Crippen molar-refractivity contribution in [2.45, 2.75) is 6.92 Å². The van der Waals surface area contributed by atoms with Crippen LogP contribution in [0.3, 0.4) is 0 Å². The minimum Gasteiger partial charge on any atom is -0.438 e. The Morgan fingerprint density at radius 1 is 1.28 bits per heavy atom. The Kier molecular flexibility index (Phi) is 4.90. The number of allylic oxidation sites excluding steroid dienone is 1. The van der Waals surface area contributed by atoms with E-state index in [9.17, 15) is 4.79 Å². The summed E-state index contributed by atoms with van der Waals surface area (Å²) in [6, 6.07) is 11.3. The molecule has 0 saturated carbocycles. The molecule has 0 radical (unpaired) electrons. The Bertz CT molecular complexity index is 1080. The summed E-state index contributed by atoms with van der Waals surface area (Å²) < 4.78 is 7.73. The summed E-state index contributed by atoms with van der Waals surface area (Å²) in [5.41, 5.74) is 1.74. The molecule has 0 atom stereocenters. The molecular formula is C21H22N6O2. The molecule has 2 aromatic rings. The van der Waals surface area contributed by atoms with E-state index in [1.54, 1.807) is 18.2 Å². The van der Waals surface area contributed by atoms with Crippen LogP contribution in [0, 0.1) is 6.92 Å². The van der Waals surface area contributed by atoms with E-state index in [-0.39, 0.29) is 12.5 Å². The topological polar surface area (TPSA) is 74.5 Å². The number of amides is 1. The third-order valence-corrected chi connectivity index (χ3v) is 4.53. The number of aryl methyl sites for hydroxylation is 1. The standard InChI is InChI=1S/C21H22N6O2/c1-15-4-7-18(8-5-15)29-21-9-6-16(2)26(24-21)13-20(28)23-17-10-11-27-19(12-17)22-14-25(27)3/h4-12,22H,2,13-14H2,1,3H3. The van der Waals surface area contributed by atoms with Gasteiger partial charge >= 0.3 is 0 Å². The molecule has 0 bridgehead atoms. The maximum atomic E-state index is 12.5. The predicted octanol–water partition coefficient (Wildman–Crippen LogP) is 1.95. The fourth-order valence-electron chi connectivity index (χ4n) is 2.95. The molecule has 8 heteroatoms. The molecule has 0 saturated heterocycles. The summed E-state index contributed by atoms with van der Waals surface area (Å²) in [5.74, 6) is 1.63. The quantitative estimate of drug-likeness (QED) is 0.867. The lowest BCUT2D eigenvalue weighted by atomic mass is 10.2. The highest BCUT2D eigenvalue weighted by Gasteiger charge is 2.16. The van der Waals surface area contributed by atoms with Gasteiger partial charge in [-0.2, -0.15) is 0 Å². The number of nitrogens with one attached hydrogen (secondary N) is 1. The van der Waals surface area contributed by atoms with E-state index >= 15 is 0 Å². The number of hydrazone groups is 1. The van der Waals surface area contributed by atoms with Crippen molar-refractivity contribution in [2.75, 3.05) is 30.6 Å². The lowest BCUT2D eigenvalue weighted by Crippen LogP contribution is -2.28. The van der Waals surface area contributed by atoms with Crippen LogP contribution in [-0.4, -0.2) is 41.8 Å². The zero-order valence-electron chi connectivity index (χ0n) is 16.4. The van der Waals surface area contributed by atoms with Crippen LogP contribution in [-0.2, 0) is 4.79 Å². The van der Waals surface area contributed by atoms with Crippen molar-refractivity contribution in [2.24, 2.45) is 10.1 Å². The van der Waals surface area contributed by atoms with Gasteiger partial charge in [0.05, 0.1) is 11.1 Å². The second-order valence-electron chi connectivity index (χ2n) is 6.85. The molecule has 4 rings (SSSR count). The molecule has 3 heterocycles.